The highest BCUT2D eigenvalue weighted by atomic mass is 32.2. The molecule has 0 aliphatic heterocycles. The van der Waals surface area contributed by atoms with Gasteiger partial charge >= 0.3 is 0 Å². The first-order chi connectivity index (χ1) is 20.0. The minimum absolute atomic E-state index is 0.158. The zero-order chi connectivity index (χ0) is 28.2. The summed E-state index contributed by atoms with van der Waals surface area (Å²) in [5.74, 6) is 0.756. The third-order valence-electron chi connectivity index (χ3n) is 6.69. The molecule has 0 saturated carbocycles. The number of aromatic nitrogens is 3. The smallest absolute Gasteiger partial charge is 0.241 e. The van der Waals surface area contributed by atoms with E-state index in [0.29, 0.717) is 23.4 Å². The van der Waals surface area contributed by atoms with Gasteiger partial charge in [0.2, 0.25) is 10.0 Å². The zero-order valence-corrected chi connectivity index (χ0v) is 22.8. The Morgan fingerprint density at radius 3 is 2.41 bits per heavy atom. The Morgan fingerprint density at radius 2 is 1.56 bits per heavy atom. The highest BCUT2D eigenvalue weighted by Gasteiger charge is 2.17. The summed E-state index contributed by atoms with van der Waals surface area (Å²) in [5, 5.41) is 19.7. The van der Waals surface area contributed by atoms with Crippen LogP contribution >= 0.6 is 0 Å². The molecule has 2 heterocycles. The van der Waals surface area contributed by atoms with Crippen LogP contribution in [0.5, 0.6) is 5.75 Å². The number of hydrogen-bond donors (Lipinski definition) is 3. The summed E-state index contributed by atoms with van der Waals surface area (Å²) in [6, 6.07) is 33.3. The van der Waals surface area contributed by atoms with Crippen molar-refractivity contribution in [3.63, 3.8) is 0 Å². The number of nitrogens with one attached hydrogen (secondary N) is 2. The largest absolute Gasteiger partial charge is 0.508 e. The molecule has 204 valence electrons. The molecule has 6 aromatic rings. The van der Waals surface area contributed by atoms with Gasteiger partial charge in [-0.05, 0) is 53.4 Å². The molecule has 6 rings (SSSR count). The molecule has 0 amide bonds. The number of phenols is 1. The van der Waals surface area contributed by atoms with Crippen molar-refractivity contribution in [2.75, 3.05) is 18.4 Å². The van der Waals surface area contributed by atoms with E-state index in [4.69, 9.17) is 5.10 Å². The molecule has 41 heavy (non-hydrogen) atoms. The molecule has 8 nitrogen and oxygen atoms in total. The minimum atomic E-state index is -3.70. The molecular weight excluding hydrogens is 534 g/mol. The van der Waals surface area contributed by atoms with Crippen molar-refractivity contribution < 1.29 is 13.5 Å². The molecule has 0 fully saturated rings. The van der Waals surface area contributed by atoms with Crippen molar-refractivity contribution in [1.82, 2.24) is 19.5 Å². The van der Waals surface area contributed by atoms with E-state index < -0.39 is 10.0 Å². The van der Waals surface area contributed by atoms with Crippen molar-refractivity contribution in [1.29, 1.82) is 0 Å². The van der Waals surface area contributed by atoms with E-state index in [1.165, 1.54) is 0 Å². The molecule has 0 radical (unpaired) electrons. The van der Waals surface area contributed by atoms with Crippen molar-refractivity contribution in [2.45, 2.75) is 4.90 Å². The van der Waals surface area contributed by atoms with Crippen LogP contribution in [0, 0.1) is 0 Å². The van der Waals surface area contributed by atoms with Crippen LogP contribution in [0.4, 0.5) is 5.82 Å². The molecule has 0 atom stereocenters. The lowest BCUT2D eigenvalue weighted by molar-refractivity contribution is 0.475. The van der Waals surface area contributed by atoms with E-state index in [2.05, 4.69) is 15.0 Å². The Morgan fingerprint density at radius 1 is 0.780 bits per heavy atom. The summed E-state index contributed by atoms with van der Waals surface area (Å²) >= 11 is 0. The Hall–Kier alpha value is -4.99. The maximum absolute atomic E-state index is 13.0. The average molecular weight is 562 g/mol. The molecule has 0 aliphatic carbocycles. The van der Waals surface area contributed by atoms with Gasteiger partial charge in [-0.15, -0.1) is 0 Å². The maximum atomic E-state index is 13.0. The first-order valence-corrected chi connectivity index (χ1v) is 14.6. The number of pyridine rings is 1. The number of aromatic hydroxyl groups is 1. The number of anilines is 1. The van der Waals surface area contributed by atoms with E-state index in [-0.39, 0.29) is 17.2 Å². The van der Waals surface area contributed by atoms with Gasteiger partial charge in [0, 0.05) is 42.0 Å². The van der Waals surface area contributed by atoms with Crippen LogP contribution in [-0.4, -0.2) is 41.4 Å². The standard InChI is InChI=1S/C32H27N5O3S/c38-27-13-6-10-25(20-27)32-29(22-37(36-32)26-11-2-1-3-12-26)24-16-17-33-31(21-24)34-18-19-35-41(39,40)30-15-7-9-23-8-4-5-14-28(23)30/h1-17,20-22,35,38H,18-19H2,(H,33,34). The highest BCUT2D eigenvalue weighted by Crippen LogP contribution is 2.34. The van der Waals surface area contributed by atoms with Crippen molar-refractivity contribution in [3.05, 3.63) is 122 Å². The molecule has 9 heteroatoms. The zero-order valence-electron chi connectivity index (χ0n) is 22.0. The second-order valence-electron chi connectivity index (χ2n) is 9.45. The van der Waals surface area contributed by atoms with Crippen LogP contribution in [-0.2, 0) is 10.0 Å². The van der Waals surface area contributed by atoms with Gasteiger partial charge in [-0.3, -0.25) is 0 Å². The predicted octanol–water partition coefficient (Wildman–Crippen LogP) is 5.85. The fourth-order valence-electron chi connectivity index (χ4n) is 4.74. The van der Waals surface area contributed by atoms with E-state index in [1.54, 1.807) is 36.5 Å². The van der Waals surface area contributed by atoms with Gasteiger partial charge in [-0.25, -0.2) is 22.8 Å². The molecule has 3 N–H and O–H groups in total. The summed E-state index contributed by atoms with van der Waals surface area (Å²) in [6.07, 6.45) is 3.65. The Labute approximate surface area is 238 Å². The lowest BCUT2D eigenvalue weighted by Crippen LogP contribution is -2.29. The summed E-state index contributed by atoms with van der Waals surface area (Å²) in [7, 11) is -3.70. The van der Waals surface area contributed by atoms with Gasteiger partial charge in [0.1, 0.15) is 17.3 Å². The predicted molar refractivity (Wildman–Crippen MR) is 162 cm³/mol. The Balaban J connectivity index is 1.21. The summed E-state index contributed by atoms with van der Waals surface area (Å²) in [6.45, 7) is 0.515. The second kappa shape index (κ2) is 11.2. The molecule has 4 aromatic carbocycles. The molecule has 0 unspecified atom stereocenters. The molecule has 0 aliphatic rings. The van der Waals surface area contributed by atoms with Gasteiger partial charge in [-0.2, -0.15) is 5.10 Å². The normalized spacial score (nSPS) is 11.5. The number of rotatable bonds is 9. The average Bonchev–Trinajstić information content (AvgIpc) is 3.46. The number of para-hydroxylation sites is 1. The third-order valence-corrected chi connectivity index (χ3v) is 8.21. The SMILES string of the molecule is O=S(=O)(NCCNc1cc(-c2cn(-c3ccccc3)nc2-c2cccc(O)c2)ccn1)c1cccc2ccccc12. The van der Waals surface area contributed by atoms with Crippen molar-refractivity contribution in [3.8, 4) is 33.8 Å². The topological polar surface area (TPSA) is 109 Å². The molecule has 2 aromatic heterocycles. The number of hydrogen-bond acceptors (Lipinski definition) is 6. The quantitative estimate of drug-likeness (QED) is 0.191. The number of nitrogens with zero attached hydrogens (tertiary/aromatic N) is 3. The first kappa shape index (κ1) is 26.2. The maximum Gasteiger partial charge on any atom is 0.241 e. The summed E-state index contributed by atoms with van der Waals surface area (Å²) < 4.78 is 30.6. The van der Waals surface area contributed by atoms with Crippen LogP contribution in [0.15, 0.2) is 126 Å². The molecule has 0 spiro atoms. The summed E-state index contributed by atoms with van der Waals surface area (Å²) in [4.78, 5) is 4.68. The minimum Gasteiger partial charge on any atom is -0.508 e. The monoisotopic (exact) mass is 561 g/mol. The fraction of sp³-hybridized carbons (Fsp3) is 0.0625. The lowest BCUT2D eigenvalue weighted by atomic mass is 10.0. The van der Waals surface area contributed by atoms with Crippen molar-refractivity contribution >= 4 is 26.6 Å². The van der Waals surface area contributed by atoms with Crippen LogP contribution in [0.3, 0.4) is 0 Å². The Kier molecular flexibility index (Phi) is 7.20. The fourth-order valence-corrected chi connectivity index (χ4v) is 6.00. The van der Waals surface area contributed by atoms with Crippen LogP contribution in [0.1, 0.15) is 0 Å². The van der Waals surface area contributed by atoms with Gasteiger partial charge in [-0.1, -0.05) is 66.7 Å². The second-order valence-corrected chi connectivity index (χ2v) is 11.2. The third kappa shape index (κ3) is 5.67. The number of sulfonamides is 1. The van der Waals surface area contributed by atoms with E-state index >= 15 is 0 Å². The van der Waals surface area contributed by atoms with E-state index in [0.717, 1.165) is 27.8 Å². The van der Waals surface area contributed by atoms with Gasteiger partial charge in [0.25, 0.3) is 0 Å². The molecule has 0 saturated heterocycles. The van der Waals surface area contributed by atoms with Crippen molar-refractivity contribution in [2.24, 2.45) is 0 Å². The van der Waals surface area contributed by atoms with Crippen LogP contribution < -0.4 is 10.0 Å². The molecular formula is C32H27N5O3S. The van der Waals surface area contributed by atoms with Crippen LogP contribution in [0.2, 0.25) is 0 Å². The first-order valence-electron chi connectivity index (χ1n) is 13.1. The lowest BCUT2D eigenvalue weighted by Gasteiger charge is -2.11. The Bertz CT molecular complexity index is 1930. The van der Waals surface area contributed by atoms with E-state index in [9.17, 15) is 13.5 Å². The summed E-state index contributed by atoms with van der Waals surface area (Å²) in [5.41, 5.74) is 4.14. The van der Waals surface area contributed by atoms with Crippen LogP contribution in [0.25, 0.3) is 38.8 Å². The number of benzene rings is 4. The van der Waals surface area contributed by atoms with Gasteiger partial charge < -0.3 is 10.4 Å². The van der Waals surface area contributed by atoms with Gasteiger partial charge in [0.15, 0.2) is 0 Å². The molecule has 0 bridgehead atoms. The number of fused-ring (bicyclic) bond motifs is 1. The highest BCUT2D eigenvalue weighted by molar-refractivity contribution is 7.89. The van der Waals surface area contributed by atoms with Gasteiger partial charge in [0.05, 0.1) is 10.6 Å². The van der Waals surface area contributed by atoms with E-state index in [1.807, 2.05) is 89.7 Å². The number of phenolic OH excluding ortho intramolecular Hbond substituents is 1.